The van der Waals surface area contributed by atoms with Crippen LogP contribution in [-0.4, -0.2) is 48.1 Å². The van der Waals surface area contributed by atoms with Crippen molar-refractivity contribution in [2.24, 2.45) is 0 Å². The van der Waals surface area contributed by atoms with Crippen LogP contribution in [-0.2, 0) is 6.54 Å². The molecule has 0 unspecified atom stereocenters. The predicted molar refractivity (Wildman–Crippen MR) is 109 cm³/mol. The van der Waals surface area contributed by atoms with E-state index in [4.69, 9.17) is 27.9 Å². The lowest BCUT2D eigenvalue weighted by Crippen LogP contribution is -2.51. The fraction of sp³-hybridized carbons (Fsp3) is 0.429. The maximum absolute atomic E-state index is 6.24. The second-order valence-electron chi connectivity index (χ2n) is 7.47. The highest BCUT2D eigenvalue weighted by Gasteiger charge is 2.27. The van der Waals surface area contributed by atoms with Gasteiger partial charge in [-0.2, -0.15) is 0 Å². The van der Waals surface area contributed by atoms with Crippen LogP contribution in [0.1, 0.15) is 19.4 Å². The molecule has 140 valence electrons. The van der Waals surface area contributed by atoms with Gasteiger partial charge in [-0.1, -0.05) is 53.5 Å². The van der Waals surface area contributed by atoms with Crippen molar-refractivity contribution in [3.8, 4) is 5.75 Å². The Hall–Kier alpha value is -1.26. The number of hydrogen-bond acceptors (Lipinski definition) is 3. The van der Waals surface area contributed by atoms with Gasteiger partial charge in [0.1, 0.15) is 11.4 Å². The molecule has 0 spiro atoms. The second-order valence-corrected chi connectivity index (χ2v) is 8.32. The van der Waals surface area contributed by atoms with Gasteiger partial charge in [0.05, 0.1) is 5.02 Å². The number of nitrogens with zero attached hydrogens (tertiary/aromatic N) is 2. The lowest BCUT2D eigenvalue weighted by molar-refractivity contribution is 0.0344. The van der Waals surface area contributed by atoms with Crippen molar-refractivity contribution in [3.05, 3.63) is 64.1 Å². The Kier molecular flexibility index (Phi) is 6.46. The van der Waals surface area contributed by atoms with Gasteiger partial charge in [-0.25, -0.2) is 0 Å². The van der Waals surface area contributed by atoms with Crippen molar-refractivity contribution < 1.29 is 4.74 Å². The van der Waals surface area contributed by atoms with Gasteiger partial charge in [-0.3, -0.25) is 9.80 Å². The average molecular weight is 393 g/mol. The standard InChI is InChI=1S/C21H26Cl2N2O/c1-21(2,26-20-9-8-18(22)14-19(20)23)16-25-12-10-24(11-13-25)15-17-6-4-3-5-7-17/h3-9,14H,10-13,15-16H2,1-2H3. The molecular weight excluding hydrogens is 367 g/mol. The van der Waals surface area contributed by atoms with Gasteiger partial charge in [0.15, 0.2) is 0 Å². The summed E-state index contributed by atoms with van der Waals surface area (Å²) in [7, 11) is 0. The summed E-state index contributed by atoms with van der Waals surface area (Å²) < 4.78 is 6.17. The summed E-state index contributed by atoms with van der Waals surface area (Å²) >= 11 is 12.2. The van der Waals surface area contributed by atoms with Gasteiger partial charge < -0.3 is 4.74 Å². The summed E-state index contributed by atoms with van der Waals surface area (Å²) in [5, 5.41) is 1.17. The van der Waals surface area contributed by atoms with Crippen LogP contribution in [0.3, 0.4) is 0 Å². The number of ether oxygens (including phenoxy) is 1. The highest BCUT2D eigenvalue weighted by atomic mass is 35.5. The lowest BCUT2D eigenvalue weighted by atomic mass is 10.1. The van der Waals surface area contributed by atoms with Gasteiger partial charge in [0.2, 0.25) is 0 Å². The van der Waals surface area contributed by atoms with E-state index in [1.807, 2.05) is 6.07 Å². The smallest absolute Gasteiger partial charge is 0.138 e. The molecule has 0 aliphatic carbocycles. The molecule has 3 nitrogen and oxygen atoms in total. The Morgan fingerprint density at radius 2 is 1.58 bits per heavy atom. The SMILES string of the molecule is CC(C)(CN1CCN(Cc2ccccc2)CC1)Oc1ccc(Cl)cc1Cl. The Morgan fingerprint density at radius 3 is 2.23 bits per heavy atom. The van der Waals surface area contributed by atoms with Crippen molar-refractivity contribution in [2.75, 3.05) is 32.7 Å². The van der Waals surface area contributed by atoms with E-state index in [0.29, 0.717) is 15.8 Å². The van der Waals surface area contributed by atoms with Crippen LogP contribution in [0.2, 0.25) is 10.0 Å². The molecule has 0 radical (unpaired) electrons. The maximum atomic E-state index is 6.24. The topological polar surface area (TPSA) is 15.7 Å². The third-order valence-corrected chi connectivity index (χ3v) is 5.13. The number of rotatable bonds is 6. The third kappa shape index (κ3) is 5.62. The van der Waals surface area contributed by atoms with Crippen LogP contribution in [0, 0.1) is 0 Å². The number of piperazine rings is 1. The van der Waals surface area contributed by atoms with Crippen LogP contribution in [0.25, 0.3) is 0 Å². The quantitative estimate of drug-likeness (QED) is 0.689. The Morgan fingerprint density at radius 1 is 0.923 bits per heavy atom. The van der Waals surface area contributed by atoms with Gasteiger partial charge in [0, 0.05) is 44.3 Å². The number of halogens is 2. The van der Waals surface area contributed by atoms with Crippen LogP contribution in [0.15, 0.2) is 48.5 Å². The van der Waals surface area contributed by atoms with Gasteiger partial charge in [-0.15, -0.1) is 0 Å². The molecule has 1 aliphatic rings. The van der Waals surface area contributed by atoms with E-state index in [9.17, 15) is 0 Å². The van der Waals surface area contributed by atoms with Gasteiger partial charge in [0.25, 0.3) is 0 Å². The van der Waals surface area contributed by atoms with E-state index >= 15 is 0 Å². The van der Waals surface area contributed by atoms with Crippen LogP contribution in [0.4, 0.5) is 0 Å². The first-order chi connectivity index (χ1) is 12.4. The first kappa shape index (κ1) is 19.5. The van der Waals surface area contributed by atoms with E-state index in [1.165, 1.54) is 5.56 Å². The van der Waals surface area contributed by atoms with Gasteiger partial charge >= 0.3 is 0 Å². The fourth-order valence-corrected chi connectivity index (χ4v) is 3.82. The summed E-state index contributed by atoms with van der Waals surface area (Å²) in [6, 6.07) is 16.0. The molecule has 5 heteroatoms. The summed E-state index contributed by atoms with van der Waals surface area (Å²) in [4.78, 5) is 4.97. The molecule has 2 aromatic carbocycles. The zero-order chi connectivity index (χ0) is 18.6. The molecule has 26 heavy (non-hydrogen) atoms. The third-order valence-electron chi connectivity index (χ3n) is 4.60. The van der Waals surface area contributed by atoms with E-state index < -0.39 is 0 Å². The second kappa shape index (κ2) is 8.62. The summed E-state index contributed by atoms with van der Waals surface area (Å²) in [6.07, 6.45) is 0. The summed E-state index contributed by atoms with van der Waals surface area (Å²) in [5.74, 6) is 0.684. The predicted octanol–water partition coefficient (Wildman–Crippen LogP) is 4.97. The maximum Gasteiger partial charge on any atom is 0.138 e. The van der Waals surface area contributed by atoms with Crippen LogP contribution < -0.4 is 4.74 Å². The Labute approximate surface area is 166 Å². The largest absolute Gasteiger partial charge is 0.485 e. The molecule has 0 atom stereocenters. The van der Waals surface area contributed by atoms with Crippen molar-refractivity contribution in [1.82, 2.24) is 9.80 Å². The minimum absolute atomic E-state index is 0.320. The van der Waals surface area contributed by atoms with Crippen molar-refractivity contribution in [2.45, 2.75) is 26.0 Å². The molecule has 1 saturated heterocycles. The average Bonchev–Trinajstić information content (AvgIpc) is 2.60. The number of benzene rings is 2. The minimum Gasteiger partial charge on any atom is -0.485 e. The molecular formula is C21H26Cl2N2O. The molecule has 0 amide bonds. The molecule has 1 aliphatic heterocycles. The monoisotopic (exact) mass is 392 g/mol. The van der Waals surface area contributed by atoms with E-state index in [1.54, 1.807) is 12.1 Å². The van der Waals surface area contributed by atoms with Crippen LogP contribution >= 0.6 is 23.2 Å². The zero-order valence-corrected chi connectivity index (χ0v) is 16.9. The van der Waals surface area contributed by atoms with Crippen molar-refractivity contribution in [3.63, 3.8) is 0 Å². The molecule has 2 aromatic rings. The lowest BCUT2D eigenvalue weighted by Gasteiger charge is -2.39. The molecule has 0 bridgehead atoms. The fourth-order valence-electron chi connectivity index (χ4n) is 3.37. The first-order valence-electron chi connectivity index (χ1n) is 9.04. The highest BCUT2D eigenvalue weighted by Crippen LogP contribution is 2.30. The molecule has 3 rings (SSSR count). The number of hydrogen-bond donors (Lipinski definition) is 0. The van der Waals surface area contributed by atoms with E-state index in [-0.39, 0.29) is 5.60 Å². The van der Waals surface area contributed by atoms with Gasteiger partial charge in [-0.05, 0) is 37.6 Å². The molecule has 1 fully saturated rings. The Balaban J connectivity index is 1.50. The normalized spacial score (nSPS) is 16.6. The van der Waals surface area contributed by atoms with Crippen LogP contribution in [0.5, 0.6) is 5.75 Å². The van der Waals surface area contributed by atoms with E-state index in [2.05, 4.69) is 54.0 Å². The highest BCUT2D eigenvalue weighted by molar-refractivity contribution is 6.35. The molecule has 1 heterocycles. The molecule has 0 saturated carbocycles. The Bertz CT molecular complexity index is 713. The minimum atomic E-state index is -0.320. The van der Waals surface area contributed by atoms with E-state index in [0.717, 1.165) is 39.3 Å². The zero-order valence-electron chi connectivity index (χ0n) is 15.4. The first-order valence-corrected chi connectivity index (χ1v) is 9.80. The summed E-state index contributed by atoms with van der Waals surface area (Å²) in [6.45, 7) is 10.4. The van der Waals surface area contributed by atoms with Crippen molar-refractivity contribution >= 4 is 23.2 Å². The van der Waals surface area contributed by atoms with Crippen molar-refractivity contribution in [1.29, 1.82) is 0 Å². The molecule has 0 N–H and O–H groups in total. The molecule has 0 aromatic heterocycles. The summed E-state index contributed by atoms with van der Waals surface area (Å²) in [5.41, 5.74) is 1.06.